The Morgan fingerprint density at radius 2 is 1.43 bits per heavy atom. The maximum Gasteiger partial charge on any atom is 0.231 e. The van der Waals surface area contributed by atoms with Gasteiger partial charge in [0.2, 0.25) is 16.5 Å². The van der Waals surface area contributed by atoms with Gasteiger partial charge in [0.05, 0.1) is 0 Å². The largest absolute Gasteiger partial charge is 0.368 e. The van der Waals surface area contributed by atoms with Crippen LogP contribution in [0.5, 0.6) is 0 Å². The normalized spacial score (nSPS) is 15.4. The van der Waals surface area contributed by atoms with E-state index in [2.05, 4.69) is 25.9 Å². The predicted molar refractivity (Wildman–Crippen MR) is 85.7 cm³/mol. The van der Waals surface area contributed by atoms with Gasteiger partial charge in [0.1, 0.15) is 0 Å². The lowest BCUT2D eigenvalue weighted by Gasteiger charge is -2.36. The summed E-state index contributed by atoms with van der Waals surface area (Å²) in [7, 11) is 0. The number of benzene rings is 1. The van der Waals surface area contributed by atoms with Crippen LogP contribution in [0.2, 0.25) is 15.6 Å². The molecule has 1 saturated heterocycles. The molecule has 5 nitrogen and oxygen atoms in total. The molecule has 2 aromatic rings. The van der Waals surface area contributed by atoms with Crippen molar-refractivity contribution in [3.05, 3.63) is 39.9 Å². The van der Waals surface area contributed by atoms with Crippen LogP contribution in [0, 0.1) is 0 Å². The topological polar surface area (TPSA) is 45.2 Å². The minimum atomic E-state index is 0.113. The van der Waals surface area contributed by atoms with Crippen LogP contribution in [0.1, 0.15) is 0 Å². The molecule has 1 aromatic heterocycles. The smallest absolute Gasteiger partial charge is 0.231 e. The van der Waals surface area contributed by atoms with Crippen molar-refractivity contribution < 1.29 is 0 Å². The highest BCUT2D eigenvalue weighted by Gasteiger charge is 2.20. The van der Waals surface area contributed by atoms with Gasteiger partial charge in [-0.15, -0.1) is 0 Å². The summed E-state index contributed by atoms with van der Waals surface area (Å²) in [6.07, 6.45) is 0. The molecule has 1 aliphatic rings. The molecule has 1 fully saturated rings. The highest BCUT2D eigenvalue weighted by atomic mass is 35.5. The zero-order valence-corrected chi connectivity index (χ0v) is 13.3. The zero-order valence-electron chi connectivity index (χ0n) is 11.0. The van der Waals surface area contributed by atoms with E-state index in [1.54, 1.807) is 0 Å². The lowest BCUT2D eigenvalue weighted by atomic mass is 10.2. The van der Waals surface area contributed by atoms with Gasteiger partial charge in [-0.05, 0) is 41.4 Å². The van der Waals surface area contributed by atoms with E-state index in [-0.39, 0.29) is 10.6 Å². The zero-order chi connectivity index (χ0) is 14.8. The molecule has 0 bridgehead atoms. The molecule has 0 amide bonds. The molecule has 0 N–H and O–H groups in total. The first-order valence-corrected chi connectivity index (χ1v) is 7.58. The Balaban J connectivity index is 1.70. The summed E-state index contributed by atoms with van der Waals surface area (Å²) >= 11 is 17.7. The monoisotopic (exact) mass is 343 g/mol. The summed E-state index contributed by atoms with van der Waals surface area (Å²) in [6.45, 7) is 3.26. The van der Waals surface area contributed by atoms with Gasteiger partial charge in [-0.1, -0.05) is 17.7 Å². The minimum Gasteiger partial charge on any atom is -0.368 e. The van der Waals surface area contributed by atoms with Crippen LogP contribution >= 0.6 is 34.8 Å². The van der Waals surface area contributed by atoms with E-state index in [9.17, 15) is 0 Å². The van der Waals surface area contributed by atoms with Crippen molar-refractivity contribution in [2.75, 3.05) is 36.0 Å². The van der Waals surface area contributed by atoms with Gasteiger partial charge >= 0.3 is 0 Å². The molecular formula is C13H12Cl3N5. The third-order valence-electron chi connectivity index (χ3n) is 3.30. The van der Waals surface area contributed by atoms with E-state index in [1.807, 2.05) is 23.1 Å². The van der Waals surface area contributed by atoms with Crippen molar-refractivity contribution in [1.82, 2.24) is 15.0 Å². The molecular weight excluding hydrogens is 333 g/mol. The maximum atomic E-state index is 6.03. The third kappa shape index (κ3) is 3.48. The number of nitrogens with zero attached hydrogens (tertiary/aromatic N) is 5. The SMILES string of the molecule is Clc1cccc(N2CCN(c3nc(Cl)nc(Cl)n3)CC2)c1. The molecule has 0 saturated carbocycles. The van der Waals surface area contributed by atoms with E-state index in [0.717, 1.165) is 36.9 Å². The van der Waals surface area contributed by atoms with Crippen LogP contribution < -0.4 is 9.80 Å². The Morgan fingerprint density at radius 3 is 2.05 bits per heavy atom. The van der Waals surface area contributed by atoms with Crippen LogP contribution in [-0.4, -0.2) is 41.1 Å². The second-order valence-electron chi connectivity index (χ2n) is 4.63. The fourth-order valence-electron chi connectivity index (χ4n) is 2.30. The standard InChI is InChI=1S/C13H12Cl3N5/c14-9-2-1-3-10(8-9)20-4-6-21(7-5-20)13-18-11(15)17-12(16)19-13/h1-3,8H,4-7H2. The van der Waals surface area contributed by atoms with Crippen LogP contribution in [0.25, 0.3) is 0 Å². The average molecular weight is 345 g/mol. The highest BCUT2D eigenvalue weighted by Crippen LogP contribution is 2.22. The third-order valence-corrected chi connectivity index (χ3v) is 3.88. The summed E-state index contributed by atoms with van der Waals surface area (Å²) in [4.78, 5) is 16.3. The van der Waals surface area contributed by atoms with Gasteiger partial charge in [0, 0.05) is 36.9 Å². The Labute approximate surface area is 137 Å². The van der Waals surface area contributed by atoms with E-state index in [4.69, 9.17) is 34.8 Å². The molecule has 0 spiro atoms. The minimum absolute atomic E-state index is 0.113. The fraction of sp³-hybridized carbons (Fsp3) is 0.308. The first-order chi connectivity index (χ1) is 10.1. The molecule has 1 aliphatic heterocycles. The number of piperazine rings is 1. The molecule has 0 aliphatic carbocycles. The Kier molecular flexibility index (Phi) is 4.33. The van der Waals surface area contributed by atoms with Crippen molar-refractivity contribution in [3.63, 3.8) is 0 Å². The maximum absolute atomic E-state index is 6.03. The lowest BCUT2D eigenvalue weighted by Crippen LogP contribution is -2.47. The molecule has 1 aromatic carbocycles. The van der Waals surface area contributed by atoms with Crippen LogP contribution in [-0.2, 0) is 0 Å². The molecule has 21 heavy (non-hydrogen) atoms. The lowest BCUT2D eigenvalue weighted by molar-refractivity contribution is 0.638. The van der Waals surface area contributed by atoms with Crippen molar-refractivity contribution in [3.8, 4) is 0 Å². The predicted octanol–water partition coefficient (Wildman–Crippen LogP) is 3.16. The van der Waals surface area contributed by atoms with Gasteiger partial charge in [0.25, 0.3) is 0 Å². The van der Waals surface area contributed by atoms with Crippen molar-refractivity contribution in [1.29, 1.82) is 0 Å². The molecule has 0 radical (unpaired) electrons. The quantitative estimate of drug-likeness (QED) is 0.837. The first kappa shape index (κ1) is 14.6. The molecule has 3 rings (SSSR count). The van der Waals surface area contributed by atoms with Crippen LogP contribution in [0.4, 0.5) is 11.6 Å². The van der Waals surface area contributed by atoms with Crippen molar-refractivity contribution in [2.24, 2.45) is 0 Å². The van der Waals surface area contributed by atoms with Gasteiger partial charge in [0.15, 0.2) is 0 Å². The van der Waals surface area contributed by atoms with Gasteiger partial charge in [-0.3, -0.25) is 0 Å². The van der Waals surface area contributed by atoms with Crippen LogP contribution in [0.3, 0.4) is 0 Å². The average Bonchev–Trinajstić information content (AvgIpc) is 2.46. The Hall–Kier alpha value is -1.30. The molecule has 110 valence electrons. The fourth-order valence-corrected chi connectivity index (χ4v) is 2.83. The Bertz CT molecular complexity index is 623. The number of hydrogen-bond acceptors (Lipinski definition) is 5. The van der Waals surface area contributed by atoms with Crippen LogP contribution in [0.15, 0.2) is 24.3 Å². The Morgan fingerprint density at radius 1 is 0.810 bits per heavy atom. The van der Waals surface area contributed by atoms with E-state index in [1.165, 1.54) is 0 Å². The number of halogens is 3. The summed E-state index contributed by atoms with van der Waals surface area (Å²) in [6, 6.07) is 7.85. The molecule has 0 atom stereocenters. The van der Waals surface area contributed by atoms with Crippen molar-refractivity contribution in [2.45, 2.75) is 0 Å². The molecule has 2 heterocycles. The number of hydrogen-bond donors (Lipinski definition) is 0. The first-order valence-electron chi connectivity index (χ1n) is 6.44. The molecule has 8 heteroatoms. The summed E-state index contributed by atoms with van der Waals surface area (Å²) in [5.41, 5.74) is 1.12. The van der Waals surface area contributed by atoms with Gasteiger partial charge in [-0.25, -0.2) is 0 Å². The van der Waals surface area contributed by atoms with Gasteiger partial charge < -0.3 is 9.80 Å². The second-order valence-corrected chi connectivity index (χ2v) is 5.74. The summed E-state index contributed by atoms with van der Waals surface area (Å²) < 4.78 is 0. The van der Waals surface area contributed by atoms with E-state index < -0.39 is 0 Å². The number of anilines is 2. The summed E-state index contributed by atoms with van der Waals surface area (Å²) in [5.74, 6) is 0.519. The van der Waals surface area contributed by atoms with E-state index in [0.29, 0.717) is 5.95 Å². The molecule has 0 unspecified atom stereocenters. The van der Waals surface area contributed by atoms with Gasteiger partial charge in [-0.2, -0.15) is 15.0 Å². The van der Waals surface area contributed by atoms with E-state index >= 15 is 0 Å². The number of aromatic nitrogens is 3. The summed E-state index contributed by atoms with van der Waals surface area (Å²) in [5, 5.41) is 0.968. The highest BCUT2D eigenvalue weighted by molar-refractivity contribution is 6.31. The second kappa shape index (κ2) is 6.22. The van der Waals surface area contributed by atoms with Crippen molar-refractivity contribution >= 4 is 46.4 Å². The number of rotatable bonds is 2.